The Morgan fingerprint density at radius 2 is 1.75 bits per heavy atom. The molecule has 94 valence electrons. The maximum atomic E-state index is 10.5. The van der Waals surface area contributed by atoms with Gasteiger partial charge in [-0.25, -0.2) is 9.59 Å². The highest BCUT2D eigenvalue weighted by Gasteiger charge is 2.12. The van der Waals surface area contributed by atoms with Crippen molar-refractivity contribution in [1.82, 2.24) is 0 Å². The average molecular weight is 234 g/mol. The third-order valence-corrected chi connectivity index (χ3v) is 1.88. The van der Waals surface area contributed by atoms with Crippen LogP contribution < -0.4 is 11.5 Å². The molecule has 0 aromatic heterocycles. The van der Waals surface area contributed by atoms with E-state index in [2.05, 4.69) is 4.74 Å². The van der Waals surface area contributed by atoms with Crippen molar-refractivity contribution in [1.29, 1.82) is 0 Å². The van der Waals surface area contributed by atoms with Crippen LogP contribution >= 0.6 is 0 Å². The van der Waals surface area contributed by atoms with E-state index >= 15 is 0 Å². The minimum Gasteiger partial charge on any atom is -0.450 e. The number of primary amides is 2. The summed E-state index contributed by atoms with van der Waals surface area (Å²) in [6, 6.07) is 0. The molecule has 0 spiro atoms. The highest BCUT2D eigenvalue weighted by molar-refractivity contribution is 5.65. The van der Waals surface area contributed by atoms with E-state index in [0.717, 1.165) is 0 Å². The van der Waals surface area contributed by atoms with Gasteiger partial charge in [-0.3, -0.25) is 0 Å². The van der Waals surface area contributed by atoms with Gasteiger partial charge in [-0.1, -0.05) is 0 Å². The van der Waals surface area contributed by atoms with Gasteiger partial charge in [0.15, 0.2) is 0 Å². The molecular weight excluding hydrogens is 216 g/mol. The van der Waals surface area contributed by atoms with E-state index in [0.29, 0.717) is 25.7 Å². The highest BCUT2D eigenvalue weighted by Crippen LogP contribution is 2.09. The molecular formula is C9H18N2O5. The van der Waals surface area contributed by atoms with Crippen molar-refractivity contribution in [2.24, 2.45) is 11.5 Å². The normalized spacial score (nSPS) is 11.8. The summed E-state index contributed by atoms with van der Waals surface area (Å²) < 4.78 is 9.33. The van der Waals surface area contributed by atoms with Crippen LogP contribution in [-0.2, 0) is 9.47 Å². The molecule has 0 aromatic carbocycles. The van der Waals surface area contributed by atoms with Gasteiger partial charge >= 0.3 is 12.2 Å². The first-order chi connectivity index (χ1) is 7.56. The van der Waals surface area contributed by atoms with Gasteiger partial charge in [0.25, 0.3) is 0 Å². The van der Waals surface area contributed by atoms with Crippen LogP contribution in [0.5, 0.6) is 0 Å². The third kappa shape index (κ3) is 9.07. The molecule has 0 aromatic rings. The summed E-state index contributed by atoms with van der Waals surface area (Å²) >= 11 is 0. The molecule has 0 fully saturated rings. The lowest BCUT2D eigenvalue weighted by Gasteiger charge is -2.15. The van der Waals surface area contributed by atoms with Crippen LogP contribution in [-0.4, -0.2) is 36.6 Å². The zero-order valence-electron chi connectivity index (χ0n) is 9.05. The molecule has 0 saturated carbocycles. The summed E-state index contributed by atoms with van der Waals surface area (Å²) in [5, 5.41) is 8.64. The molecule has 16 heavy (non-hydrogen) atoms. The zero-order valence-corrected chi connectivity index (χ0v) is 9.05. The molecule has 0 rings (SSSR count). The fourth-order valence-corrected chi connectivity index (χ4v) is 1.23. The Morgan fingerprint density at radius 1 is 1.12 bits per heavy atom. The monoisotopic (exact) mass is 234 g/mol. The quantitative estimate of drug-likeness (QED) is 0.513. The second-order valence-corrected chi connectivity index (χ2v) is 3.23. The summed E-state index contributed by atoms with van der Waals surface area (Å²) in [7, 11) is 0. The Kier molecular flexibility index (Phi) is 7.96. The van der Waals surface area contributed by atoms with E-state index in [1.807, 2.05) is 0 Å². The maximum absolute atomic E-state index is 10.5. The summed E-state index contributed by atoms with van der Waals surface area (Å²) in [4.78, 5) is 20.8. The molecule has 0 aliphatic carbocycles. The number of aliphatic hydroxyl groups excluding tert-OH is 1. The molecule has 1 unspecified atom stereocenters. The average Bonchev–Trinajstić information content (AvgIpc) is 2.19. The SMILES string of the molecule is NC(=O)OCCCC(CCCO)OC(N)=O. The molecule has 0 heterocycles. The van der Waals surface area contributed by atoms with E-state index in [-0.39, 0.29) is 19.3 Å². The molecule has 0 bridgehead atoms. The summed E-state index contributed by atoms with van der Waals surface area (Å²) in [6.07, 6.45) is 0.0373. The summed E-state index contributed by atoms with van der Waals surface area (Å²) in [5.74, 6) is 0. The van der Waals surface area contributed by atoms with E-state index in [9.17, 15) is 9.59 Å². The van der Waals surface area contributed by atoms with Crippen molar-refractivity contribution >= 4 is 12.2 Å². The Hall–Kier alpha value is -1.50. The maximum Gasteiger partial charge on any atom is 0.404 e. The van der Waals surface area contributed by atoms with Crippen molar-refractivity contribution < 1.29 is 24.2 Å². The largest absolute Gasteiger partial charge is 0.450 e. The minimum absolute atomic E-state index is 0.0242. The van der Waals surface area contributed by atoms with Crippen LogP contribution in [0.1, 0.15) is 25.7 Å². The lowest BCUT2D eigenvalue weighted by molar-refractivity contribution is 0.0825. The summed E-state index contributed by atoms with van der Waals surface area (Å²) in [6.45, 7) is 0.198. The van der Waals surface area contributed by atoms with Gasteiger partial charge in [0.2, 0.25) is 0 Å². The molecule has 0 saturated heterocycles. The van der Waals surface area contributed by atoms with E-state index < -0.39 is 12.2 Å². The summed E-state index contributed by atoms with van der Waals surface area (Å²) in [5.41, 5.74) is 9.66. The number of amides is 2. The first-order valence-corrected chi connectivity index (χ1v) is 5.05. The number of nitrogens with two attached hydrogens (primary N) is 2. The number of hydrogen-bond acceptors (Lipinski definition) is 5. The van der Waals surface area contributed by atoms with Crippen LogP contribution in [0.2, 0.25) is 0 Å². The fraction of sp³-hybridized carbons (Fsp3) is 0.778. The Bertz CT molecular complexity index is 222. The molecule has 7 heteroatoms. The standard InChI is InChI=1S/C9H18N2O5/c10-8(13)15-6-2-4-7(3-1-5-12)16-9(11)14/h7,12H,1-6H2,(H2,10,13)(H2,11,14). The lowest BCUT2D eigenvalue weighted by Crippen LogP contribution is -2.24. The Morgan fingerprint density at radius 3 is 2.25 bits per heavy atom. The molecule has 0 radical (unpaired) electrons. The first-order valence-electron chi connectivity index (χ1n) is 5.05. The number of hydrogen-bond donors (Lipinski definition) is 3. The van der Waals surface area contributed by atoms with Crippen LogP contribution in [0.3, 0.4) is 0 Å². The smallest absolute Gasteiger partial charge is 0.404 e. The van der Waals surface area contributed by atoms with E-state index in [4.69, 9.17) is 21.3 Å². The van der Waals surface area contributed by atoms with Crippen LogP contribution in [0.4, 0.5) is 9.59 Å². The molecule has 5 N–H and O–H groups in total. The number of rotatable bonds is 8. The van der Waals surface area contributed by atoms with Gasteiger partial charge in [-0.2, -0.15) is 0 Å². The second-order valence-electron chi connectivity index (χ2n) is 3.23. The molecule has 7 nitrogen and oxygen atoms in total. The van der Waals surface area contributed by atoms with Gasteiger partial charge in [0.1, 0.15) is 6.10 Å². The predicted octanol–water partition coefficient (Wildman–Crippen LogP) is 0.0983. The Labute approximate surface area is 93.7 Å². The molecule has 1 atom stereocenters. The zero-order chi connectivity index (χ0) is 12.4. The van der Waals surface area contributed by atoms with Crippen molar-refractivity contribution in [3.05, 3.63) is 0 Å². The van der Waals surface area contributed by atoms with Gasteiger partial charge in [-0.05, 0) is 25.7 Å². The predicted molar refractivity (Wildman–Crippen MR) is 55.5 cm³/mol. The van der Waals surface area contributed by atoms with Gasteiger partial charge < -0.3 is 26.0 Å². The van der Waals surface area contributed by atoms with E-state index in [1.165, 1.54) is 0 Å². The van der Waals surface area contributed by atoms with Gasteiger partial charge in [-0.15, -0.1) is 0 Å². The van der Waals surface area contributed by atoms with Crippen molar-refractivity contribution in [3.8, 4) is 0 Å². The van der Waals surface area contributed by atoms with Crippen LogP contribution in [0, 0.1) is 0 Å². The van der Waals surface area contributed by atoms with Gasteiger partial charge in [0, 0.05) is 6.61 Å². The number of carbonyl (C=O) groups excluding carboxylic acids is 2. The first kappa shape index (κ1) is 14.5. The second kappa shape index (κ2) is 8.78. The minimum atomic E-state index is -0.848. The van der Waals surface area contributed by atoms with Gasteiger partial charge in [0.05, 0.1) is 6.61 Å². The van der Waals surface area contributed by atoms with Crippen LogP contribution in [0.15, 0.2) is 0 Å². The number of carbonyl (C=O) groups is 2. The van der Waals surface area contributed by atoms with E-state index in [1.54, 1.807) is 0 Å². The van der Waals surface area contributed by atoms with Crippen LogP contribution in [0.25, 0.3) is 0 Å². The fourth-order valence-electron chi connectivity index (χ4n) is 1.23. The molecule has 0 aliphatic rings. The van der Waals surface area contributed by atoms with Crippen molar-refractivity contribution in [2.45, 2.75) is 31.8 Å². The number of ether oxygens (including phenoxy) is 2. The number of aliphatic hydroxyl groups is 1. The lowest BCUT2D eigenvalue weighted by atomic mass is 10.1. The third-order valence-electron chi connectivity index (χ3n) is 1.88. The highest BCUT2D eigenvalue weighted by atomic mass is 16.6. The topological polar surface area (TPSA) is 125 Å². The molecule has 2 amide bonds. The molecule has 0 aliphatic heterocycles. The van der Waals surface area contributed by atoms with Crippen molar-refractivity contribution in [2.75, 3.05) is 13.2 Å². The Balaban J connectivity index is 3.72. The van der Waals surface area contributed by atoms with Crippen molar-refractivity contribution in [3.63, 3.8) is 0 Å².